The zero-order chi connectivity index (χ0) is 44.2. The van der Waals surface area contributed by atoms with Crippen LogP contribution in [0.2, 0.25) is 0 Å². The Morgan fingerprint density at radius 2 is 1.43 bits per heavy atom. The molecule has 2 aliphatic rings. The number of carbonyl (C=O) groups is 1. The molecule has 16 nitrogen and oxygen atoms in total. The molecule has 0 saturated heterocycles. The van der Waals surface area contributed by atoms with E-state index in [4.69, 9.17) is 4.74 Å². The predicted octanol–water partition coefficient (Wildman–Crippen LogP) is 5.97. The second-order valence-corrected chi connectivity index (χ2v) is 21.5. The number of anilines is 1. The van der Waals surface area contributed by atoms with Crippen LogP contribution < -0.4 is 9.64 Å². The Morgan fingerprint density at radius 3 is 2.05 bits per heavy atom. The summed E-state index contributed by atoms with van der Waals surface area (Å²) in [5.74, 6) is -0.718. The van der Waals surface area contributed by atoms with Crippen LogP contribution in [-0.4, -0.2) is 93.2 Å². The Bertz CT molecular complexity index is 2990. The Morgan fingerprint density at radius 1 is 0.767 bits per heavy atom. The average Bonchev–Trinajstić information content (AvgIpc) is 3.49. The second kappa shape index (κ2) is 16.1. The number of ether oxygens (including phenoxy) is 1. The number of benzene rings is 4. The van der Waals surface area contributed by atoms with Crippen molar-refractivity contribution in [3.63, 3.8) is 0 Å². The van der Waals surface area contributed by atoms with Crippen molar-refractivity contribution in [1.82, 2.24) is 0 Å². The van der Waals surface area contributed by atoms with Crippen molar-refractivity contribution in [3.8, 4) is 5.75 Å². The van der Waals surface area contributed by atoms with Gasteiger partial charge in [-0.2, -0.15) is 38.2 Å². The minimum Gasteiger partial charge on any atom is -0.429 e. The SMILES string of the molecule is CCCC1(C)/C(=C\C=C\C2=[N+](CCCS(=O)(=O)O)c3ccc4c(S(=O)(=O)O)cc(S(=O)(=O)O)cc4c3C2(C)C)N(CCCS(=O)(=O)O)c2ccc3cc(OC=O)ccc3c21. The van der Waals surface area contributed by atoms with Crippen LogP contribution in [0.5, 0.6) is 5.75 Å². The molecule has 0 aromatic heterocycles. The summed E-state index contributed by atoms with van der Waals surface area (Å²) in [7, 11) is -18.6. The van der Waals surface area contributed by atoms with E-state index in [9.17, 15) is 56.7 Å². The smallest absolute Gasteiger partial charge is 0.298 e. The topological polar surface area (TPSA) is 250 Å². The van der Waals surface area contributed by atoms with E-state index >= 15 is 0 Å². The average molecular weight is 906 g/mol. The fourth-order valence-corrected chi connectivity index (χ4v) is 11.2. The van der Waals surface area contributed by atoms with Crippen molar-refractivity contribution < 1.29 is 66.0 Å². The fraction of sp³-hybridized carbons (Fsp3) is 0.350. The monoisotopic (exact) mass is 905 g/mol. The summed E-state index contributed by atoms with van der Waals surface area (Å²) in [6, 6.07) is 13.8. The van der Waals surface area contributed by atoms with Crippen molar-refractivity contribution in [2.24, 2.45) is 0 Å². The zero-order valence-electron chi connectivity index (χ0n) is 33.1. The molecule has 1 atom stereocenters. The van der Waals surface area contributed by atoms with Crippen LogP contribution in [0.1, 0.15) is 64.5 Å². The lowest BCUT2D eigenvalue weighted by Crippen LogP contribution is -2.30. The van der Waals surface area contributed by atoms with E-state index in [0.717, 1.165) is 40.2 Å². The molecule has 2 aliphatic heterocycles. The molecule has 0 fully saturated rings. The van der Waals surface area contributed by atoms with Crippen LogP contribution in [-0.2, 0) is 56.1 Å². The molecule has 4 aromatic rings. The van der Waals surface area contributed by atoms with E-state index in [1.165, 1.54) is 6.07 Å². The van der Waals surface area contributed by atoms with Gasteiger partial charge in [0.25, 0.3) is 46.9 Å². The molecule has 322 valence electrons. The normalized spacial score (nSPS) is 18.9. The van der Waals surface area contributed by atoms with E-state index < -0.39 is 72.6 Å². The number of allylic oxidation sites excluding steroid dienone is 4. The number of rotatable bonds is 16. The van der Waals surface area contributed by atoms with Gasteiger partial charge in [0.1, 0.15) is 17.2 Å². The molecule has 1 unspecified atom stereocenters. The van der Waals surface area contributed by atoms with Gasteiger partial charge in [0.15, 0.2) is 5.71 Å². The third-order valence-electron chi connectivity index (χ3n) is 11.2. The van der Waals surface area contributed by atoms with Gasteiger partial charge in [0.2, 0.25) is 5.69 Å². The van der Waals surface area contributed by atoms with Crippen molar-refractivity contribution in [2.75, 3.05) is 29.5 Å². The first kappa shape index (κ1) is 45.0. The number of nitrogens with zero attached hydrogens (tertiary/aromatic N) is 2. The molecule has 0 radical (unpaired) electrons. The van der Waals surface area contributed by atoms with Gasteiger partial charge < -0.3 is 9.64 Å². The standard InChI is InChI=1S/C40H44N2O14S4/c1-5-17-40(4)36(42(19-8-21-58(47,48)49)33-15-11-26-22-27(56-25-43)12-13-29(26)38(33)40)10-6-9-35-39(2,3)37-31-23-28(59(50,51)52)24-34(60(53,54)55)30(31)14-16-32(37)41(35)18-7-20-57(44,45)46/h6,9-16,22-25H,5,7-8,17-21H2,1-4H3,(H3-,44,45,46,47,48,49,50,51,52,53,54,55)/p+1. The molecule has 20 heteroatoms. The number of hydrogen-bond donors (Lipinski definition) is 4. The van der Waals surface area contributed by atoms with Gasteiger partial charge in [0.05, 0.1) is 21.8 Å². The quantitative estimate of drug-likeness (QED) is 0.0574. The lowest BCUT2D eigenvalue weighted by molar-refractivity contribution is -0.437. The summed E-state index contributed by atoms with van der Waals surface area (Å²) in [5.41, 5.74) is 2.23. The third-order valence-corrected chi connectivity index (χ3v) is 14.5. The first-order chi connectivity index (χ1) is 27.8. The molecular formula is C40H45N2O14S4+. The van der Waals surface area contributed by atoms with Gasteiger partial charge in [0, 0.05) is 52.9 Å². The molecule has 4 aromatic carbocycles. The number of fused-ring (bicyclic) bond motifs is 6. The summed E-state index contributed by atoms with van der Waals surface area (Å²) >= 11 is 0. The molecule has 0 spiro atoms. The van der Waals surface area contributed by atoms with Crippen LogP contribution in [0.4, 0.5) is 11.4 Å². The summed E-state index contributed by atoms with van der Waals surface area (Å²) in [5, 5.41) is 1.73. The highest BCUT2D eigenvalue weighted by molar-refractivity contribution is 7.87. The highest BCUT2D eigenvalue weighted by Gasteiger charge is 2.47. The maximum Gasteiger partial charge on any atom is 0.298 e. The number of hydrogen-bond acceptors (Lipinski definition) is 11. The minimum absolute atomic E-state index is 0.0291. The Labute approximate surface area is 348 Å². The number of carbonyl (C=O) groups excluding carboxylic acids is 1. The molecule has 0 aliphatic carbocycles. The Kier molecular flexibility index (Phi) is 12.0. The van der Waals surface area contributed by atoms with Crippen LogP contribution >= 0.6 is 0 Å². The first-order valence-electron chi connectivity index (χ1n) is 18.8. The van der Waals surface area contributed by atoms with Gasteiger partial charge in [-0.25, -0.2) is 0 Å². The van der Waals surface area contributed by atoms with Gasteiger partial charge in [-0.1, -0.05) is 31.6 Å². The minimum atomic E-state index is -5.01. The molecule has 6 rings (SSSR count). The largest absolute Gasteiger partial charge is 0.429 e. The molecule has 2 heterocycles. The zero-order valence-corrected chi connectivity index (χ0v) is 36.3. The van der Waals surface area contributed by atoms with E-state index in [2.05, 4.69) is 6.92 Å². The summed E-state index contributed by atoms with van der Waals surface area (Å²) in [6.45, 7) is 8.26. The van der Waals surface area contributed by atoms with Crippen molar-refractivity contribution in [3.05, 3.63) is 89.6 Å². The van der Waals surface area contributed by atoms with Crippen molar-refractivity contribution >= 4 is 85.6 Å². The van der Waals surface area contributed by atoms with Crippen LogP contribution in [0.25, 0.3) is 21.5 Å². The Hall–Kier alpha value is -4.54. The van der Waals surface area contributed by atoms with Crippen LogP contribution in [0.3, 0.4) is 0 Å². The summed E-state index contributed by atoms with van der Waals surface area (Å²) < 4.78 is 143. The van der Waals surface area contributed by atoms with E-state index in [1.54, 1.807) is 48.8 Å². The lowest BCUT2D eigenvalue weighted by atomic mass is 9.75. The second-order valence-electron chi connectivity index (χ2n) is 15.6. The third kappa shape index (κ3) is 8.78. The van der Waals surface area contributed by atoms with Crippen molar-refractivity contribution in [2.45, 2.75) is 74.0 Å². The Balaban J connectivity index is 1.56. The fourth-order valence-electron chi connectivity index (χ4n) is 8.84. The molecular weight excluding hydrogens is 861 g/mol. The van der Waals surface area contributed by atoms with Gasteiger partial charge in [-0.15, -0.1) is 0 Å². The van der Waals surface area contributed by atoms with Gasteiger partial charge in [-0.05, 0) is 97.8 Å². The molecule has 0 amide bonds. The molecule has 0 saturated carbocycles. The highest BCUT2D eigenvalue weighted by Crippen LogP contribution is 2.54. The van der Waals surface area contributed by atoms with Crippen molar-refractivity contribution in [1.29, 1.82) is 0 Å². The van der Waals surface area contributed by atoms with Gasteiger partial charge >= 0.3 is 0 Å². The van der Waals surface area contributed by atoms with E-state index in [1.807, 2.05) is 36.1 Å². The van der Waals surface area contributed by atoms with E-state index in [0.29, 0.717) is 41.7 Å². The van der Waals surface area contributed by atoms with Crippen LogP contribution in [0.15, 0.2) is 88.3 Å². The lowest BCUT2D eigenvalue weighted by Gasteiger charge is -2.30. The maximum absolute atomic E-state index is 12.6. The van der Waals surface area contributed by atoms with Crippen LogP contribution in [0, 0.1) is 0 Å². The molecule has 4 N–H and O–H groups in total. The molecule has 0 bridgehead atoms. The van der Waals surface area contributed by atoms with Gasteiger partial charge in [-0.3, -0.25) is 23.0 Å². The first-order valence-corrected chi connectivity index (χ1v) is 24.9. The molecule has 60 heavy (non-hydrogen) atoms. The highest BCUT2D eigenvalue weighted by atomic mass is 32.2. The maximum atomic E-state index is 12.6. The summed E-state index contributed by atoms with van der Waals surface area (Å²) in [6.07, 6.45) is 6.85. The predicted molar refractivity (Wildman–Crippen MR) is 226 cm³/mol. The summed E-state index contributed by atoms with van der Waals surface area (Å²) in [4.78, 5) is 11.6. The van der Waals surface area contributed by atoms with E-state index in [-0.39, 0.29) is 36.7 Å².